The Kier molecular flexibility index (Phi) is 4.81. The first-order chi connectivity index (χ1) is 11.1. The molecule has 0 spiro atoms. The molecule has 3 rings (SSSR count). The minimum Gasteiger partial charge on any atom is -0.493 e. The number of rotatable bonds is 5. The molecule has 2 heterocycles. The summed E-state index contributed by atoms with van der Waals surface area (Å²) in [4.78, 5) is 25.5. The van der Waals surface area contributed by atoms with Crippen molar-refractivity contribution < 1.29 is 24.2 Å². The van der Waals surface area contributed by atoms with Gasteiger partial charge in [-0.15, -0.1) is 0 Å². The van der Waals surface area contributed by atoms with Crippen LogP contribution in [-0.4, -0.2) is 54.3 Å². The quantitative estimate of drug-likeness (QED) is 0.893. The van der Waals surface area contributed by atoms with E-state index in [2.05, 4.69) is 0 Å². The molecule has 0 radical (unpaired) electrons. The predicted molar refractivity (Wildman–Crippen MR) is 82.5 cm³/mol. The van der Waals surface area contributed by atoms with Gasteiger partial charge >= 0.3 is 5.97 Å². The van der Waals surface area contributed by atoms with Crippen molar-refractivity contribution >= 4 is 11.9 Å². The lowest BCUT2D eigenvalue weighted by molar-refractivity contribution is -0.146. The smallest absolute Gasteiger partial charge is 0.323 e. The van der Waals surface area contributed by atoms with Crippen molar-refractivity contribution in [2.75, 3.05) is 26.3 Å². The Morgan fingerprint density at radius 2 is 2.04 bits per heavy atom. The molecule has 1 N–H and O–H groups in total. The lowest BCUT2D eigenvalue weighted by Crippen LogP contribution is -2.44. The van der Waals surface area contributed by atoms with Crippen LogP contribution in [0.1, 0.15) is 30.7 Å². The van der Waals surface area contributed by atoms with Gasteiger partial charge in [0.15, 0.2) is 0 Å². The van der Waals surface area contributed by atoms with E-state index in [0.29, 0.717) is 31.9 Å². The van der Waals surface area contributed by atoms with Crippen molar-refractivity contribution in [3.63, 3.8) is 0 Å². The number of hydrogen-bond donors (Lipinski definition) is 1. The van der Waals surface area contributed by atoms with E-state index in [0.717, 1.165) is 18.4 Å². The third-order valence-corrected chi connectivity index (χ3v) is 4.34. The zero-order chi connectivity index (χ0) is 16.2. The first-order valence-corrected chi connectivity index (χ1v) is 7.99. The van der Waals surface area contributed by atoms with Crippen LogP contribution in [0.15, 0.2) is 24.3 Å². The van der Waals surface area contributed by atoms with Crippen molar-refractivity contribution in [2.24, 2.45) is 0 Å². The summed E-state index contributed by atoms with van der Waals surface area (Å²) in [5, 5.41) is 9.14. The largest absolute Gasteiger partial charge is 0.493 e. The highest BCUT2D eigenvalue weighted by Gasteiger charge is 2.33. The molecule has 6 heteroatoms. The van der Waals surface area contributed by atoms with Crippen molar-refractivity contribution in [2.45, 2.75) is 31.3 Å². The number of amides is 1. The molecule has 0 aliphatic carbocycles. The van der Waals surface area contributed by atoms with Crippen molar-refractivity contribution in [1.82, 2.24) is 4.90 Å². The second kappa shape index (κ2) is 7.00. The molecule has 0 bridgehead atoms. The average Bonchev–Trinajstić information content (AvgIpc) is 3.05. The predicted octanol–water partition coefficient (Wildman–Crippen LogP) is 1.64. The minimum atomic E-state index is -1.00. The highest BCUT2D eigenvalue weighted by molar-refractivity contribution is 5.87. The van der Waals surface area contributed by atoms with Gasteiger partial charge in [-0.2, -0.15) is 0 Å². The number of benzene rings is 1. The summed E-state index contributed by atoms with van der Waals surface area (Å²) in [5.41, 5.74) is 0.839. The van der Waals surface area contributed by atoms with E-state index in [9.17, 15) is 9.59 Å². The van der Waals surface area contributed by atoms with E-state index in [1.54, 1.807) is 0 Å². The molecule has 2 aliphatic rings. The molecule has 2 atom stereocenters. The van der Waals surface area contributed by atoms with Gasteiger partial charge in [0.25, 0.3) is 0 Å². The van der Waals surface area contributed by atoms with E-state index in [1.807, 2.05) is 24.3 Å². The zero-order valence-electron chi connectivity index (χ0n) is 12.9. The number of para-hydroxylation sites is 1. The molecule has 1 aromatic carbocycles. The van der Waals surface area contributed by atoms with Gasteiger partial charge in [-0.3, -0.25) is 9.59 Å². The highest BCUT2D eigenvalue weighted by Crippen LogP contribution is 2.34. The summed E-state index contributed by atoms with van der Waals surface area (Å²) in [6.45, 7) is 1.19. The Balaban J connectivity index is 1.78. The third-order valence-electron chi connectivity index (χ3n) is 4.34. The number of fused-ring (bicyclic) bond motifs is 1. The van der Waals surface area contributed by atoms with Crippen LogP contribution < -0.4 is 4.74 Å². The summed E-state index contributed by atoms with van der Waals surface area (Å²) in [6, 6.07) is 7.46. The SMILES string of the molecule is O=C(O)CN(C[C@H]1CCCO1)C(=O)[C@@H]1CCOc2ccccc21. The number of carbonyl (C=O) groups excluding carboxylic acids is 1. The van der Waals surface area contributed by atoms with E-state index in [4.69, 9.17) is 14.6 Å². The molecule has 1 amide bonds. The fraction of sp³-hybridized carbons (Fsp3) is 0.529. The van der Waals surface area contributed by atoms with Crippen LogP contribution in [0, 0.1) is 0 Å². The number of nitrogens with zero attached hydrogens (tertiary/aromatic N) is 1. The molecule has 6 nitrogen and oxygen atoms in total. The second-order valence-corrected chi connectivity index (χ2v) is 5.98. The van der Waals surface area contributed by atoms with E-state index < -0.39 is 5.97 Å². The van der Waals surface area contributed by atoms with E-state index in [-0.39, 0.29) is 24.5 Å². The molecule has 0 unspecified atom stereocenters. The number of carboxylic acids is 1. The lowest BCUT2D eigenvalue weighted by Gasteiger charge is -2.31. The Hall–Kier alpha value is -2.08. The van der Waals surface area contributed by atoms with Gasteiger partial charge < -0.3 is 19.5 Å². The van der Waals surface area contributed by atoms with Crippen LogP contribution in [-0.2, 0) is 14.3 Å². The average molecular weight is 319 g/mol. The molecule has 0 saturated carbocycles. The van der Waals surface area contributed by atoms with Crippen LogP contribution in [0.5, 0.6) is 5.75 Å². The summed E-state index contributed by atoms with van der Waals surface area (Å²) in [5.74, 6) is -0.791. The Morgan fingerprint density at radius 1 is 1.22 bits per heavy atom. The molecule has 1 fully saturated rings. The zero-order valence-corrected chi connectivity index (χ0v) is 12.9. The first-order valence-electron chi connectivity index (χ1n) is 7.99. The van der Waals surface area contributed by atoms with Gasteiger partial charge in [-0.05, 0) is 25.3 Å². The molecular weight excluding hydrogens is 298 g/mol. The summed E-state index contributed by atoms with van der Waals surface area (Å²) >= 11 is 0. The highest BCUT2D eigenvalue weighted by atomic mass is 16.5. The standard InChI is InChI=1S/C17H21NO5/c19-16(20)11-18(10-12-4-3-8-22-12)17(21)14-7-9-23-15-6-2-1-5-13(14)15/h1-2,5-6,12,14H,3-4,7-11H2,(H,19,20)/t12-,14-/m1/s1. The normalized spacial score (nSPS) is 23.0. The molecule has 1 aromatic rings. The van der Waals surface area contributed by atoms with Crippen molar-refractivity contribution in [1.29, 1.82) is 0 Å². The molecule has 23 heavy (non-hydrogen) atoms. The van der Waals surface area contributed by atoms with Gasteiger partial charge in [-0.25, -0.2) is 0 Å². The molecule has 2 aliphatic heterocycles. The van der Waals surface area contributed by atoms with Crippen LogP contribution >= 0.6 is 0 Å². The van der Waals surface area contributed by atoms with Gasteiger partial charge in [0.05, 0.1) is 18.6 Å². The second-order valence-electron chi connectivity index (χ2n) is 5.98. The first kappa shape index (κ1) is 15.8. The fourth-order valence-corrected chi connectivity index (χ4v) is 3.25. The summed E-state index contributed by atoms with van der Waals surface area (Å²) in [7, 11) is 0. The minimum absolute atomic E-state index is 0.0617. The van der Waals surface area contributed by atoms with E-state index in [1.165, 1.54) is 4.90 Å². The van der Waals surface area contributed by atoms with E-state index >= 15 is 0 Å². The van der Waals surface area contributed by atoms with Crippen LogP contribution in [0.2, 0.25) is 0 Å². The lowest BCUT2D eigenvalue weighted by atomic mass is 9.91. The van der Waals surface area contributed by atoms with Gasteiger partial charge in [0.2, 0.25) is 5.91 Å². The van der Waals surface area contributed by atoms with Gasteiger partial charge in [0, 0.05) is 18.7 Å². The van der Waals surface area contributed by atoms with Gasteiger partial charge in [-0.1, -0.05) is 18.2 Å². The summed E-state index contributed by atoms with van der Waals surface area (Å²) in [6.07, 6.45) is 2.33. The van der Waals surface area contributed by atoms with Gasteiger partial charge in [0.1, 0.15) is 12.3 Å². The van der Waals surface area contributed by atoms with Crippen molar-refractivity contribution in [3.05, 3.63) is 29.8 Å². The molecule has 0 aromatic heterocycles. The number of aliphatic carboxylic acids is 1. The number of carboxylic acid groups (broad SMARTS) is 1. The monoisotopic (exact) mass is 319 g/mol. The Morgan fingerprint density at radius 3 is 2.78 bits per heavy atom. The maximum absolute atomic E-state index is 12.9. The maximum atomic E-state index is 12.9. The third kappa shape index (κ3) is 3.64. The van der Waals surface area contributed by atoms with Crippen molar-refractivity contribution in [3.8, 4) is 5.75 Å². The number of hydrogen-bond acceptors (Lipinski definition) is 4. The number of carbonyl (C=O) groups is 2. The molecular formula is C17H21NO5. The Labute approximate surface area is 135 Å². The fourth-order valence-electron chi connectivity index (χ4n) is 3.25. The molecule has 1 saturated heterocycles. The maximum Gasteiger partial charge on any atom is 0.323 e. The molecule has 124 valence electrons. The topological polar surface area (TPSA) is 76.1 Å². The summed E-state index contributed by atoms with van der Waals surface area (Å²) < 4.78 is 11.1. The van der Waals surface area contributed by atoms with Crippen LogP contribution in [0.25, 0.3) is 0 Å². The van der Waals surface area contributed by atoms with Crippen LogP contribution in [0.4, 0.5) is 0 Å². The van der Waals surface area contributed by atoms with Crippen LogP contribution in [0.3, 0.4) is 0 Å². The Bertz CT molecular complexity index is 582. The number of ether oxygens (including phenoxy) is 2.